The zero-order chi connectivity index (χ0) is 17.7. The Hall–Kier alpha value is -3.47. The number of hydrogen-bond donors (Lipinski definition) is 1. The predicted molar refractivity (Wildman–Crippen MR) is 82.9 cm³/mol. The number of benzene rings is 2. The molecule has 0 heterocycles. The second-order valence-corrected chi connectivity index (χ2v) is 4.78. The maximum Gasteiger partial charge on any atom is 0.311 e. The van der Waals surface area contributed by atoms with Gasteiger partial charge in [-0.25, -0.2) is 4.39 Å². The van der Waals surface area contributed by atoms with Crippen LogP contribution < -0.4 is 10.1 Å². The smallest absolute Gasteiger partial charge is 0.311 e. The SMILES string of the molecule is C[C@H](Oc1cc(F)ccc1[N+](=O)[O-])C(=O)Nc1ccccc1C#N. The molecule has 0 bridgehead atoms. The molecule has 1 atom stereocenters. The fraction of sp³-hybridized carbons (Fsp3) is 0.125. The molecule has 0 saturated heterocycles. The Morgan fingerprint density at radius 1 is 1.38 bits per heavy atom. The summed E-state index contributed by atoms with van der Waals surface area (Å²) in [6, 6.07) is 11.0. The molecule has 8 heteroatoms. The molecule has 0 aliphatic rings. The molecule has 2 aromatic carbocycles. The fourth-order valence-corrected chi connectivity index (χ4v) is 1.90. The Kier molecular flexibility index (Phi) is 5.06. The van der Waals surface area contributed by atoms with E-state index in [1.54, 1.807) is 12.1 Å². The van der Waals surface area contributed by atoms with E-state index >= 15 is 0 Å². The molecule has 24 heavy (non-hydrogen) atoms. The average molecular weight is 329 g/mol. The van der Waals surface area contributed by atoms with Crippen LogP contribution in [0.4, 0.5) is 15.8 Å². The monoisotopic (exact) mass is 329 g/mol. The molecule has 2 aromatic rings. The summed E-state index contributed by atoms with van der Waals surface area (Å²) in [4.78, 5) is 22.3. The van der Waals surface area contributed by atoms with E-state index in [1.807, 2.05) is 6.07 Å². The normalized spacial score (nSPS) is 11.2. The maximum atomic E-state index is 13.3. The Morgan fingerprint density at radius 3 is 2.75 bits per heavy atom. The van der Waals surface area contributed by atoms with Crippen LogP contribution in [0, 0.1) is 27.3 Å². The number of hydrogen-bond acceptors (Lipinski definition) is 5. The van der Waals surface area contributed by atoms with Gasteiger partial charge in [0.1, 0.15) is 11.9 Å². The Labute approximate surface area is 136 Å². The summed E-state index contributed by atoms with van der Waals surface area (Å²) in [6.07, 6.45) is -1.14. The summed E-state index contributed by atoms with van der Waals surface area (Å²) in [7, 11) is 0. The van der Waals surface area contributed by atoms with Gasteiger partial charge in [-0.2, -0.15) is 5.26 Å². The number of anilines is 1. The number of nitro groups is 1. The van der Waals surface area contributed by atoms with Gasteiger partial charge in [-0.1, -0.05) is 12.1 Å². The third kappa shape index (κ3) is 3.84. The van der Waals surface area contributed by atoms with Crippen molar-refractivity contribution in [1.29, 1.82) is 5.26 Å². The van der Waals surface area contributed by atoms with E-state index in [1.165, 1.54) is 19.1 Å². The van der Waals surface area contributed by atoms with E-state index in [2.05, 4.69) is 5.32 Å². The van der Waals surface area contributed by atoms with Crippen molar-refractivity contribution >= 4 is 17.3 Å². The predicted octanol–water partition coefficient (Wildman–Crippen LogP) is 3.01. The highest BCUT2D eigenvalue weighted by Crippen LogP contribution is 2.28. The highest BCUT2D eigenvalue weighted by atomic mass is 19.1. The summed E-state index contributed by atoms with van der Waals surface area (Å²) in [5, 5.41) is 22.4. The summed E-state index contributed by atoms with van der Waals surface area (Å²) in [5.41, 5.74) is 0.0949. The quantitative estimate of drug-likeness (QED) is 0.670. The number of carbonyl (C=O) groups excluding carboxylic acids is 1. The molecule has 0 aliphatic heterocycles. The number of halogens is 1. The minimum Gasteiger partial charge on any atom is -0.474 e. The highest BCUT2D eigenvalue weighted by Gasteiger charge is 2.22. The first-order valence-corrected chi connectivity index (χ1v) is 6.83. The Balaban J connectivity index is 2.17. The van der Waals surface area contributed by atoms with Crippen molar-refractivity contribution in [2.75, 3.05) is 5.32 Å². The highest BCUT2D eigenvalue weighted by molar-refractivity contribution is 5.95. The van der Waals surface area contributed by atoms with E-state index in [0.29, 0.717) is 0 Å². The van der Waals surface area contributed by atoms with E-state index < -0.39 is 28.4 Å². The van der Waals surface area contributed by atoms with Gasteiger partial charge in [-0.15, -0.1) is 0 Å². The van der Waals surface area contributed by atoms with Crippen LogP contribution in [0.5, 0.6) is 5.75 Å². The Bertz CT molecular complexity index is 832. The standard InChI is InChI=1S/C16H12FN3O4/c1-10(16(21)19-13-5-3-2-4-11(13)9-18)24-15-8-12(17)6-7-14(15)20(22)23/h2-8,10H,1H3,(H,19,21)/t10-/m0/s1. The molecule has 7 nitrogen and oxygen atoms in total. The van der Waals surface area contributed by atoms with Crippen LogP contribution in [-0.2, 0) is 4.79 Å². The topological polar surface area (TPSA) is 105 Å². The molecular weight excluding hydrogens is 317 g/mol. The summed E-state index contributed by atoms with van der Waals surface area (Å²) < 4.78 is 18.5. The number of amides is 1. The molecule has 2 rings (SSSR count). The minimum atomic E-state index is -1.14. The Morgan fingerprint density at radius 2 is 2.08 bits per heavy atom. The molecule has 0 aliphatic carbocycles. The first-order chi connectivity index (χ1) is 11.4. The lowest BCUT2D eigenvalue weighted by Gasteiger charge is -2.15. The van der Waals surface area contributed by atoms with Crippen LogP contribution in [0.15, 0.2) is 42.5 Å². The van der Waals surface area contributed by atoms with Gasteiger partial charge in [0.05, 0.1) is 16.2 Å². The van der Waals surface area contributed by atoms with Crippen molar-refractivity contribution < 1.29 is 18.8 Å². The van der Waals surface area contributed by atoms with Gasteiger partial charge in [-0.05, 0) is 25.1 Å². The zero-order valence-corrected chi connectivity index (χ0v) is 12.5. The molecule has 0 fully saturated rings. The van der Waals surface area contributed by atoms with Crippen LogP contribution in [0.25, 0.3) is 0 Å². The van der Waals surface area contributed by atoms with Gasteiger partial charge in [-0.3, -0.25) is 14.9 Å². The van der Waals surface area contributed by atoms with Crippen molar-refractivity contribution in [3.63, 3.8) is 0 Å². The van der Waals surface area contributed by atoms with E-state index in [4.69, 9.17) is 10.00 Å². The zero-order valence-electron chi connectivity index (χ0n) is 12.5. The molecule has 0 saturated carbocycles. The molecule has 0 aromatic heterocycles. The van der Waals surface area contributed by atoms with Gasteiger partial charge >= 0.3 is 5.69 Å². The van der Waals surface area contributed by atoms with Crippen molar-refractivity contribution in [2.45, 2.75) is 13.0 Å². The van der Waals surface area contributed by atoms with Crippen molar-refractivity contribution in [2.24, 2.45) is 0 Å². The molecule has 1 amide bonds. The summed E-state index contributed by atoms with van der Waals surface area (Å²) in [5.74, 6) is -1.70. The minimum absolute atomic E-state index is 0.259. The molecule has 0 unspecified atom stereocenters. The largest absolute Gasteiger partial charge is 0.474 e. The first kappa shape index (κ1) is 16.9. The third-order valence-electron chi connectivity index (χ3n) is 3.10. The number of ether oxygens (including phenoxy) is 1. The lowest BCUT2D eigenvalue weighted by Crippen LogP contribution is -2.30. The lowest BCUT2D eigenvalue weighted by atomic mass is 10.2. The van der Waals surface area contributed by atoms with Crippen LogP contribution in [0.2, 0.25) is 0 Å². The van der Waals surface area contributed by atoms with Crippen molar-refractivity contribution in [1.82, 2.24) is 0 Å². The van der Waals surface area contributed by atoms with Crippen LogP contribution in [0.1, 0.15) is 12.5 Å². The van der Waals surface area contributed by atoms with E-state index in [9.17, 15) is 19.3 Å². The summed E-state index contributed by atoms with van der Waals surface area (Å²) >= 11 is 0. The van der Waals surface area contributed by atoms with Crippen molar-refractivity contribution in [3.8, 4) is 11.8 Å². The van der Waals surface area contributed by atoms with Gasteiger partial charge in [0, 0.05) is 12.1 Å². The molecular formula is C16H12FN3O4. The second kappa shape index (κ2) is 7.19. The number of rotatable bonds is 5. The summed E-state index contributed by atoms with van der Waals surface area (Å²) in [6.45, 7) is 1.36. The maximum absolute atomic E-state index is 13.3. The van der Waals surface area contributed by atoms with Gasteiger partial charge in [0.25, 0.3) is 5.91 Å². The van der Waals surface area contributed by atoms with Crippen LogP contribution in [0.3, 0.4) is 0 Å². The molecule has 0 radical (unpaired) electrons. The molecule has 0 spiro atoms. The van der Waals surface area contributed by atoms with Crippen molar-refractivity contribution in [3.05, 3.63) is 64.0 Å². The first-order valence-electron chi connectivity index (χ1n) is 6.83. The number of carbonyl (C=O) groups is 1. The lowest BCUT2D eigenvalue weighted by molar-refractivity contribution is -0.386. The molecule has 1 N–H and O–H groups in total. The average Bonchev–Trinajstić information content (AvgIpc) is 2.55. The van der Waals surface area contributed by atoms with E-state index in [-0.39, 0.29) is 17.0 Å². The third-order valence-corrected chi connectivity index (χ3v) is 3.10. The van der Waals surface area contributed by atoms with Crippen LogP contribution in [-0.4, -0.2) is 16.9 Å². The number of nitriles is 1. The number of nitrogens with zero attached hydrogens (tertiary/aromatic N) is 2. The van der Waals surface area contributed by atoms with Gasteiger partial charge in [0.15, 0.2) is 6.10 Å². The number of para-hydroxylation sites is 1. The number of nitro benzene ring substituents is 1. The molecule has 122 valence electrons. The van der Waals surface area contributed by atoms with E-state index in [0.717, 1.165) is 18.2 Å². The van der Waals surface area contributed by atoms with Crippen LogP contribution >= 0.6 is 0 Å². The second-order valence-electron chi connectivity index (χ2n) is 4.78. The fourth-order valence-electron chi connectivity index (χ4n) is 1.90. The number of nitrogens with one attached hydrogen (secondary N) is 1. The van der Waals surface area contributed by atoms with Gasteiger partial charge in [0.2, 0.25) is 5.75 Å². The van der Waals surface area contributed by atoms with Gasteiger partial charge < -0.3 is 10.1 Å².